The molecule has 1 atom stereocenters. The largest absolute Gasteiger partial charge is 0.274 e. The number of carbonyl (C=O) groups is 1. The molecule has 0 saturated heterocycles. The first-order valence-corrected chi connectivity index (χ1v) is 8.72. The Bertz CT molecular complexity index is 957. The number of rotatable bonds is 3. The lowest BCUT2D eigenvalue weighted by Gasteiger charge is -2.22. The zero-order chi connectivity index (χ0) is 17.9. The number of carbonyl (C=O) groups excluding carboxylic acids is 1. The lowest BCUT2D eigenvalue weighted by Crippen LogP contribution is -2.27. The second-order valence-corrected chi connectivity index (χ2v) is 6.52. The van der Waals surface area contributed by atoms with Gasteiger partial charge in [0.2, 0.25) is 0 Å². The predicted molar refractivity (Wildman–Crippen MR) is 102 cm³/mol. The molecular weight excluding hydrogens is 346 g/mol. The smallest absolute Gasteiger partial charge is 0.267 e. The number of pyridine rings is 1. The first-order valence-electron chi connectivity index (χ1n) is 8.34. The van der Waals surface area contributed by atoms with Crippen LogP contribution in [0.3, 0.4) is 0 Å². The molecule has 1 amide bonds. The molecule has 1 aliphatic rings. The van der Waals surface area contributed by atoms with Crippen LogP contribution < -0.4 is 0 Å². The SMILES string of the molecule is O=C(c1ccccc1)N1N=C(c2cccnc2)CC1c1cccc(Cl)c1. The molecule has 4 rings (SSSR count). The summed E-state index contributed by atoms with van der Waals surface area (Å²) in [4.78, 5) is 17.2. The van der Waals surface area contributed by atoms with Crippen LogP contribution in [0.1, 0.15) is 33.9 Å². The Morgan fingerprint density at radius 1 is 1.04 bits per heavy atom. The predicted octanol–water partition coefficient (Wildman–Crippen LogP) is 4.73. The van der Waals surface area contributed by atoms with Crippen molar-refractivity contribution in [1.82, 2.24) is 9.99 Å². The Hall–Kier alpha value is -2.98. The van der Waals surface area contributed by atoms with Gasteiger partial charge in [0.1, 0.15) is 0 Å². The van der Waals surface area contributed by atoms with Gasteiger partial charge in [-0.25, -0.2) is 5.01 Å². The summed E-state index contributed by atoms with van der Waals surface area (Å²) in [6, 6.07) is 20.4. The molecule has 2 aromatic carbocycles. The summed E-state index contributed by atoms with van der Waals surface area (Å²) in [6.07, 6.45) is 4.11. The monoisotopic (exact) mass is 361 g/mol. The Kier molecular flexibility index (Phi) is 4.50. The fourth-order valence-electron chi connectivity index (χ4n) is 3.09. The molecule has 0 N–H and O–H groups in total. The average molecular weight is 362 g/mol. The lowest BCUT2D eigenvalue weighted by atomic mass is 9.99. The van der Waals surface area contributed by atoms with Gasteiger partial charge in [0.15, 0.2) is 0 Å². The number of halogens is 1. The maximum atomic E-state index is 13.1. The van der Waals surface area contributed by atoms with E-state index < -0.39 is 0 Å². The Labute approximate surface area is 156 Å². The van der Waals surface area contributed by atoms with Gasteiger partial charge in [0.25, 0.3) is 5.91 Å². The van der Waals surface area contributed by atoms with Gasteiger partial charge in [-0.3, -0.25) is 9.78 Å². The Balaban J connectivity index is 1.74. The molecule has 26 heavy (non-hydrogen) atoms. The Morgan fingerprint density at radius 2 is 1.88 bits per heavy atom. The van der Waals surface area contributed by atoms with Crippen molar-refractivity contribution in [3.63, 3.8) is 0 Å². The third kappa shape index (κ3) is 3.24. The van der Waals surface area contributed by atoms with E-state index in [0.717, 1.165) is 16.8 Å². The zero-order valence-corrected chi connectivity index (χ0v) is 14.7. The fraction of sp³-hybridized carbons (Fsp3) is 0.0952. The highest BCUT2D eigenvalue weighted by atomic mass is 35.5. The summed E-state index contributed by atoms with van der Waals surface area (Å²) in [5.41, 5.74) is 3.33. The number of hydrogen-bond donors (Lipinski definition) is 0. The van der Waals surface area contributed by atoms with Crippen LogP contribution in [-0.2, 0) is 0 Å². The van der Waals surface area contributed by atoms with Crippen LogP contribution in [0, 0.1) is 0 Å². The van der Waals surface area contributed by atoms with Crippen molar-refractivity contribution in [1.29, 1.82) is 0 Å². The van der Waals surface area contributed by atoms with Gasteiger partial charge in [-0.15, -0.1) is 0 Å². The van der Waals surface area contributed by atoms with E-state index in [1.807, 2.05) is 54.6 Å². The minimum Gasteiger partial charge on any atom is -0.267 e. The molecule has 1 aliphatic heterocycles. The zero-order valence-electron chi connectivity index (χ0n) is 13.9. The molecular formula is C21H16ClN3O. The molecule has 0 fully saturated rings. The second kappa shape index (κ2) is 7.10. The summed E-state index contributed by atoms with van der Waals surface area (Å²) < 4.78 is 0. The summed E-state index contributed by atoms with van der Waals surface area (Å²) in [5, 5.41) is 6.84. The van der Waals surface area contributed by atoms with Crippen LogP contribution in [0.5, 0.6) is 0 Å². The number of amides is 1. The van der Waals surface area contributed by atoms with Crippen molar-refractivity contribution >= 4 is 23.2 Å². The van der Waals surface area contributed by atoms with Gasteiger partial charge in [0.05, 0.1) is 11.8 Å². The van der Waals surface area contributed by atoms with Gasteiger partial charge >= 0.3 is 0 Å². The molecule has 0 bridgehead atoms. The van der Waals surface area contributed by atoms with E-state index in [1.165, 1.54) is 0 Å². The van der Waals surface area contributed by atoms with Crippen molar-refractivity contribution in [2.45, 2.75) is 12.5 Å². The number of nitrogens with zero attached hydrogens (tertiary/aromatic N) is 3. The normalized spacial score (nSPS) is 16.4. The van der Waals surface area contributed by atoms with E-state index in [0.29, 0.717) is 17.0 Å². The van der Waals surface area contributed by atoms with Crippen molar-refractivity contribution < 1.29 is 4.79 Å². The van der Waals surface area contributed by atoms with Crippen molar-refractivity contribution in [3.8, 4) is 0 Å². The van der Waals surface area contributed by atoms with E-state index in [-0.39, 0.29) is 11.9 Å². The van der Waals surface area contributed by atoms with Crippen LogP contribution in [0.15, 0.2) is 84.2 Å². The maximum Gasteiger partial charge on any atom is 0.274 e. The number of hydrogen-bond acceptors (Lipinski definition) is 3. The summed E-state index contributed by atoms with van der Waals surface area (Å²) in [6.45, 7) is 0. The minimum atomic E-state index is -0.198. The fourth-order valence-corrected chi connectivity index (χ4v) is 3.29. The summed E-state index contributed by atoms with van der Waals surface area (Å²) in [7, 11) is 0. The van der Waals surface area contributed by atoms with Gasteiger partial charge in [-0.1, -0.05) is 48.0 Å². The number of benzene rings is 2. The molecule has 0 saturated carbocycles. The quantitative estimate of drug-likeness (QED) is 0.677. The number of aromatic nitrogens is 1. The third-order valence-corrected chi connectivity index (χ3v) is 4.60. The first kappa shape index (κ1) is 16.5. The highest BCUT2D eigenvalue weighted by Gasteiger charge is 2.33. The van der Waals surface area contributed by atoms with Crippen molar-refractivity contribution in [2.75, 3.05) is 0 Å². The molecule has 1 aromatic heterocycles. The lowest BCUT2D eigenvalue weighted by molar-refractivity contribution is 0.0711. The van der Waals surface area contributed by atoms with Crippen LogP contribution in [-0.4, -0.2) is 21.6 Å². The first-order chi connectivity index (χ1) is 12.7. The molecule has 4 nitrogen and oxygen atoms in total. The summed E-state index contributed by atoms with van der Waals surface area (Å²) >= 11 is 6.17. The summed E-state index contributed by atoms with van der Waals surface area (Å²) in [5.74, 6) is -0.130. The van der Waals surface area contributed by atoms with E-state index >= 15 is 0 Å². The Morgan fingerprint density at radius 3 is 2.62 bits per heavy atom. The standard InChI is InChI=1S/C21H16ClN3O/c22-18-10-4-8-16(12-18)20-13-19(17-9-5-11-23-14-17)24-25(20)21(26)15-6-2-1-3-7-15/h1-12,14,20H,13H2. The van der Waals surface area contributed by atoms with Gasteiger partial charge in [-0.05, 0) is 35.9 Å². The van der Waals surface area contributed by atoms with Crippen LogP contribution in [0.4, 0.5) is 0 Å². The maximum absolute atomic E-state index is 13.1. The van der Waals surface area contributed by atoms with Gasteiger partial charge in [0, 0.05) is 35.0 Å². The van der Waals surface area contributed by atoms with E-state index in [4.69, 9.17) is 11.6 Å². The molecule has 128 valence electrons. The van der Waals surface area contributed by atoms with Gasteiger partial charge < -0.3 is 0 Å². The molecule has 3 aromatic rings. The van der Waals surface area contributed by atoms with Crippen LogP contribution in [0.2, 0.25) is 5.02 Å². The highest BCUT2D eigenvalue weighted by molar-refractivity contribution is 6.30. The molecule has 0 spiro atoms. The number of hydrazone groups is 1. The second-order valence-electron chi connectivity index (χ2n) is 6.08. The van der Waals surface area contributed by atoms with Crippen LogP contribution >= 0.6 is 11.6 Å². The van der Waals surface area contributed by atoms with E-state index in [1.54, 1.807) is 29.5 Å². The molecule has 1 unspecified atom stereocenters. The molecule has 2 heterocycles. The van der Waals surface area contributed by atoms with E-state index in [2.05, 4.69) is 10.1 Å². The third-order valence-electron chi connectivity index (χ3n) is 4.37. The highest BCUT2D eigenvalue weighted by Crippen LogP contribution is 2.34. The molecule has 0 aliphatic carbocycles. The minimum absolute atomic E-state index is 0.130. The van der Waals surface area contributed by atoms with E-state index in [9.17, 15) is 4.79 Å². The van der Waals surface area contributed by atoms with Crippen molar-refractivity contribution in [3.05, 3.63) is 101 Å². The topological polar surface area (TPSA) is 45.6 Å². The van der Waals surface area contributed by atoms with Crippen molar-refractivity contribution in [2.24, 2.45) is 5.10 Å². The molecule has 5 heteroatoms. The molecule has 0 radical (unpaired) electrons. The van der Waals surface area contributed by atoms with Crippen LogP contribution in [0.25, 0.3) is 0 Å². The average Bonchev–Trinajstić information content (AvgIpc) is 3.14. The van der Waals surface area contributed by atoms with Gasteiger partial charge in [-0.2, -0.15) is 5.10 Å².